The van der Waals surface area contributed by atoms with Gasteiger partial charge in [0.15, 0.2) is 0 Å². The Morgan fingerprint density at radius 1 is 1.25 bits per heavy atom. The second kappa shape index (κ2) is 8.05. The lowest BCUT2D eigenvalue weighted by molar-refractivity contribution is -0.150. The van der Waals surface area contributed by atoms with Gasteiger partial charge in [0.2, 0.25) is 0 Å². The van der Waals surface area contributed by atoms with Gasteiger partial charge in [0.25, 0.3) is 0 Å². The molecular formula is C17H25NO2. The van der Waals surface area contributed by atoms with E-state index < -0.39 is 0 Å². The maximum absolute atomic E-state index is 12.0. The summed E-state index contributed by atoms with van der Waals surface area (Å²) in [6, 6.07) is 10.7. The van der Waals surface area contributed by atoms with Crippen molar-refractivity contribution in [1.82, 2.24) is 5.32 Å². The molecule has 0 aliphatic heterocycles. The van der Waals surface area contributed by atoms with E-state index in [-0.39, 0.29) is 17.9 Å². The number of benzene rings is 1. The van der Waals surface area contributed by atoms with Crippen molar-refractivity contribution in [3.8, 4) is 0 Å². The molecule has 1 fully saturated rings. The largest absolute Gasteiger partial charge is 0.466 e. The SMILES string of the molecule is CCOC(=O)C1CCCCC1NCCc1ccccc1. The zero-order chi connectivity index (χ0) is 14.2. The van der Waals surface area contributed by atoms with Crippen molar-refractivity contribution in [2.24, 2.45) is 5.92 Å². The molecule has 0 saturated heterocycles. The van der Waals surface area contributed by atoms with Crippen LogP contribution in [-0.4, -0.2) is 25.2 Å². The second-order valence-electron chi connectivity index (χ2n) is 5.44. The molecule has 1 aromatic carbocycles. The van der Waals surface area contributed by atoms with Gasteiger partial charge in [-0.2, -0.15) is 0 Å². The van der Waals surface area contributed by atoms with Crippen molar-refractivity contribution in [1.29, 1.82) is 0 Å². The number of nitrogens with one attached hydrogen (secondary N) is 1. The summed E-state index contributed by atoms with van der Waals surface area (Å²) in [4.78, 5) is 12.0. The van der Waals surface area contributed by atoms with Crippen LogP contribution in [0, 0.1) is 5.92 Å². The van der Waals surface area contributed by atoms with Gasteiger partial charge in [-0.05, 0) is 38.3 Å². The molecule has 0 spiro atoms. The number of hydrogen-bond donors (Lipinski definition) is 1. The molecule has 20 heavy (non-hydrogen) atoms. The van der Waals surface area contributed by atoms with E-state index in [0.29, 0.717) is 6.61 Å². The summed E-state index contributed by atoms with van der Waals surface area (Å²) < 4.78 is 5.20. The van der Waals surface area contributed by atoms with Crippen LogP contribution >= 0.6 is 0 Å². The topological polar surface area (TPSA) is 38.3 Å². The van der Waals surface area contributed by atoms with E-state index in [4.69, 9.17) is 4.74 Å². The quantitative estimate of drug-likeness (QED) is 0.811. The minimum atomic E-state index is -0.0237. The van der Waals surface area contributed by atoms with Crippen LogP contribution in [0.25, 0.3) is 0 Å². The third-order valence-corrected chi connectivity index (χ3v) is 4.02. The fraction of sp³-hybridized carbons (Fsp3) is 0.588. The molecule has 0 bridgehead atoms. The fourth-order valence-corrected chi connectivity index (χ4v) is 2.95. The van der Waals surface area contributed by atoms with E-state index in [2.05, 4.69) is 29.6 Å². The van der Waals surface area contributed by atoms with Crippen LogP contribution in [0.1, 0.15) is 38.2 Å². The van der Waals surface area contributed by atoms with E-state index in [1.54, 1.807) is 0 Å². The predicted molar refractivity (Wildman–Crippen MR) is 80.5 cm³/mol. The average molecular weight is 275 g/mol. The summed E-state index contributed by atoms with van der Waals surface area (Å²) in [5, 5.41) is 3.56. The van der Waals surface area contributed by atoms with Crippen LogP contribution in [-0.2, 0) is 16.0 Å². The summed E-state index contributed by atoms with van der Waals surface area (Å²) >= 11 is 0. The van der Waals surface area contributed by atoms with Gasteiger partial charge >= 0.3 is 5.97 Å². The van der Waals surface area contributed by atoms with Gasteiger partial charge in [0.05, 0.1) is 12.5 Å². The first kappa shape index (κ1) is 15.0. The molecule has 110 valence electrons. The molecule has 1 saturated carbocycles. The zero-order valence-corrected chi connectivity index (χ0v) is 12.3. The average Bonchev–Trinajstić information content (AvgIpc) is 2.49. The van der Waals surface area contributed by atoms with Crippen molar-refractivity contribution in [3.63, 3.8) is 0 Å². The second-order valence-corrected chi connectivity index (χ2v) is 5.44. The smallest absolute Gasteiger partial charge is 0.310 e. The Morgan fingerprint density at radius 2 is 2.00 bits per heavy atom. The van der Waals surface area contributed by atoms with Crippen molar-refractivity contribution in [2.75, 3.05) is 13.2 Å². The number of rotatable bonds is 6. The first-order chi connectivity index (χ1) is 9.81. The lowest BCUT2D eigenvalue weighted by atomic mass is 9.84. The number of carbonyl (C=O) groups is 1. The predicted octanol–water partition coefficient (Wildman–Crippen LogP) is 2.94. The normalized spacial score (nSPS) is 22.4. The minimum Gasteiger partial charge on any atom is -0.466 e. The number of esters is 1. The van der Waals surface area contributed by atoms with E-state index in [1.165, 1.54) is 12.0 Å². The first-order valence-electron chi connectivity index (χ1n) is 7.75. The highest BCUT2D eigenvalue weighted by Gasteiger charge is 2.31. The highest BCUT2D eigenvalue weighted by molar-refractivity contribution is 5.73. The Morgan fingerprint density at radius 3 is 2.75 bits per heavy atom. The lowest BCUT2D eigenvalue weighted by Gasteiger charge is -2.30. The fourth-order valence-electron chi connectivity index (χ4n) is 2.95. The summed E-state index contributed by atoms with van der Waals surface area (Å²) in [6.45, 7) is 3.27. The standard InChI is InChI=1S/C17H25NO2/c1-2-20-17(19)15-10-6-7-11-16(15)18-13-12-14-8-4-3-5-9-14/h3-5,8-9,15-16,18H,2,6-7,10-13H2,1H3. The van der Waals surface area contributed by atoms with E-state index in [9.17, 15) is 4.79 Å². The van der Waals surface area contributed by atoms with Gasteiger partial charge in [-0.15, -0.1) is 0 Å². The third kappa shape index (κ3) is 4.34. The number of hydrogen-bond acceptors (Lipinski definition) is 3. The molecular weight excluding hydrogens is 250 g/mol. The highest BCUT2D eigenvalue weighted by Crippen LogP contribution is 2.25. The Kier molecular flexibility index (Phi) is 6.06. The molecule has 1 aliphatic rings. The summed E-state index contributed by atoms with van der Waals surface area (Å²) in [6.07, 6.45) is 5.40. The van der Waals surface area contributed by atoms with Gasteiger partial charge in [-0.1, -0.05) is 43.2 Å². The van der Waals surface area contributed by atoms with Crippen LogP contribution < -0.4 is 5.32 Å². The van der Waals surface area contributed by atoms with Gasteiger partial charge in [-0.3, -0.25) is 4.79 Å². The van der Waals surface area contributed by atoms with Crippen LogP contribution in [0.3, 0.4) is 0 Å². The minimum absolute atomic E-state index is 0.0237. The Labute approximate surface area is 121 Å². The van der Waals surface area contributed by atoms with Crippen molar-refractivity contribution in [3.05, 3.63) is 35.9 Å². The van der Waals surface area contributed by atoms with Crippen molar-refractivity contribution >= 4 is 5.97 Å². The van der Waals surface area contributed by atoms with Crippen LogP contribution in [0.2, 0.25) is 0 Å². The molecule has 1 N–H and O–H groups in total. The lowest BCUT2D eigenvalue weighted by Crippen LogP contribution is -2.43. The molecule has 0 radical (unpaired) electrons. The molecule has 3 nitrogen and oxygen atoms in total. The van der Waals surface area contributed by atoms with E-state index in [0.717, 1.165) is 32.2 Å². The Bertz CT molecular complexity index is 405. The number of ether oxygens (including phenoxy) is 1. The molecule has 0 amide bonds. The van der Waals surface area contributed by atoms with Gasteiger partial charge in [0, 0.05) is 6.04 Å². The summed E-state index contributed by atoms with van der Waals surface area (Å²) in [5.74, 6) is 0.0175. The van der Waals surface area contributed by atoms with Crippen molar-refractivity contribution < 1.29 is 9.53 Å². The first-order valence-corrected chi connectivity index (χ1v) is 7.75. The molecule has 0 aromatic heterocycles. The Hall–Kier alpha value is -1.35. The summed E-state index contributed by atoms with van der Waals surface area (Å²) in [7, 11) is 0. The van der Waals surface area contributed by atoms with Gasteiger partial charge < -0.3 is 10.1 Å². The maximum Gasteiger partial charge on any atom is 0.310 e. The summed E-state index contributed by atoms with van der Waals surface area (Å²) in [5.41, 5.74) is 1.34. The zero-order valence-electron chi connectivity index (χ0n) is 12.3. The van der Waals surface area contributed by atoms with Gasteiger partial charge in [0.1, 0.15) is 0 Å². The third-order valence-electron chi connectivity index (χ3n) is 4.02. The molecule has 1 aromatic rings. The highest BCUT2D eigenvalue weighted by atomic mass is 16.5. The molecule has 3 heteroatoms. The van der Waals surface area contributed by atoms with Crippen LogP contribution in [0.4, 0.5) is 0 Å². The van der Waals surface area contributed by atoms with Crippen molar-refractivity contribution in [2.45, 2.75) is 45.1 Å². The van der Waals surface area contributed by atoms with Crippen LogP contribution in [0.15, 0.2) is 30.3 Å². The van der Waals surface area contributed by atoms with Crippen LogP contribution in [0.5, 0.6) is 0 Å². The molecule has 2 rings (SSSR count). The molecule has 2 unspecified atom stereocenters. The Balaban J connectivity index is 1.81. The van der Waals surface area contributed by atoms with Gasteiger partial charge in [-0.25, -0.2) is 0 Å². The van der Waals surface area contributed by atoms with E-state index >= 15 is 0 Å². The number of carbonyl (C=O) groups excluding carboxylic acids is 1. The molecule has 0 heterocycles. The van der Waals surface area contributed by atoms with E-state index in [1.807, 2.05) is 13.0 Å². The molecule has 2 atom stereocenters. The molecule has 1 aliphatic carbocycles. The monoisotopic (exact) mass is 275 g/mol. The maximum atomic E-state index is 12.0.